The number of carbonyl (C=O) groups is 2. The molecular weight excluding hydrogens is 336 g/mol. The van der Waals surface area contributed by atoms with E-state index in [1.54, 1.807) is 0 Å². The van der Waals surface area contributed by atoms with Crippen LogP contribution < -0.4 is 10.6 Å². The van der Waals surface area contributed by atoms with Crippen LogP contribution >= 0.6 is 0 Å². The molecule has 0 unspecified atom stereocenters. The van der Waals surface area contributed by atoms with Gasteiger partial charge in [-0.2, -0.15) is 0 Å². The van der Waals surface area contributed by atoms with Crippen molar-refractivity contribution in [2.75, 3.05) is 13.1 Å². The monoisotopic (exact) mass is 364 g/mol. The highest BCUT2D eigenvalue weighted by Crippen LogP contribution is 2.60. The molecule has 0 atom stereocenters. The van der Waals surface area contributed by atoms with E-state index in [0.29, 0.717) is 19.5 Å². The van der Waals surface area contributed by atoms with E-state index in [-0.39, 0.29) is 17.2 Å². The smallest absolute Gasteiger partial charge is 0.226 e. The SMILES string of the molecule is O=C(CCNC(=O)C12CC3CC(CC(C3)C1)C2)NCC#Cc1ccccc1. The molecule has 1 aromatic rings. The standard InChI is InChI=1S/C23H28N2O2/c26-21(24-9-4-7-17-5-2-1-3-6-17)8-10-25-22(27)23-14-18-11-19(15-23)13-20(12-18)16-23/h1-3,5-6,18-20H,8-16H2,(H,24,26)(H,25,27). The van der Waals surface area contributed by atoms with Crippen molar-refractivity contribution in [1.82, 2.24) is 10.6 Å². The molecule has 5 rings (SSSR count). The zero-order valence-corrected chi connectivity index (χ0v) is 15.8. The molecule has 0 radical (unpaired) electrons. The molecular formula is C23H28N2O2. The molecule has 1 aromatic carbocycles. The molecule has 142 valence electrons. The lowest BCUT2D eigenvalue weighted by atomic mass is 9.49. The average molecular weight is 364 g/mol. The fourth-order valence-electron chi connectivity index (χ4n) is 5.76. The first kappa shape index (κ1) is 18.1. The van der Waals surface area contributed by atoms with Crippen LogP contribution in [0.25, 0.3) is 0 Å². The summed E-state index contributed by atoms with van der Waals surface area (Å²) in [6.45, 7) is 0.745. The highest BCUT2D eigenvalue weighted by molar-refractivity contribution is 5.84. The van der Waals surface area contributed by atoms with Crippen LogP contribution in [0.3, 0.4) is 0 Å². The van der Waals surface area contributed by atoms with Gasteiger partial charge in [0.25, 0.3) is 0 Å². The summed E-state index contributed by atoms with van der Waals surface area (Å²) in [6, 6.07) is 9.71. The molecule has 0 saturated heterocycles. The second-order valence-electron chi connectivity index (χ2n) is 8.65. The number of hydrogen-bond donors (Lipinski definition) is 2. The van der Waals surface area contributed by atoms with E-state index < -0.39 is 0 Å². The summed E-state index contributed by atoms with van der Waals surface area (Å²) in [4.78, 5) is 24.8. The molecule has 4 aliphatic carbocycles. The van der Waals surface area contributed by atoms with E-state index in [1.165, 1.54) is 19.3 Å². The van der Waals surface area contributed by atoms with Gasteiger partial charge in [0.1, 0.15) is 0 Å². The maximum absolute atomic E-state index is 12.8. The van der Waals surface area contributed by atoms with Crippen LogP contribution in [0, 0.1) is 35.0 Å². The zero-order chi connectivity index (χ0) is 18.7. The Kier molecular flexibility index (Phi) is 5.20. The van der Waals surface area contributed by atoms with Gasteiger partial charge >= 0.3 is 0 Å². The van der Waals surface area contributed by atoms with Crippen LogP contribution in [0.2, 0.25) is 0 Å². The van der Waals surface area contributed by atoms with Gasteiger partial charge in [0.15, 0.2) is 0 Å². The van der Waals surface area contributed by atoms with Gasteiger partial charge < -0.3 is 10.6 Å². The maximum Gasteiger partial charge on any atom is 0.226 e. The summed E-state index contributed by atoms with van der Waals surface area (Å²) in [7, 11) is 0. The molecule has 0 spiro atoms. The highest BCUT2D eigenvalue weighted by atomic mass is 16.2. The number of nitrogens with one attached hydrogen (secondary N) is 2. The van der Waals surface area contributed by atoms with Crippen molar-refractivity contribution in [3.8, 4) is 11.8 Å². The largest absolute Gasteiger partial charge is 0.355 e. The Morgan fingerprint density at radius 1 is 0.963 bits per heavy atom. The summed E-state index contributed by atoms with van der Waals surface area (Å²) in [6.07, 6.45) is 7.49. The van der Waals surface area contributed by atoms with Crippen LogP contribution in [0.5, 0.6) is 0 Å². The molecule has 4 saturated carbocycles. The quantitative estimate of drug-likeness (QED) is 0.790. The Morgan fingerprint density at radius 3 is 2.22 bits per heavy atom. The molecule has 4 aliphatic rings. The lowest BCUT2D eigenvalue weighted by Crippen LogP contribution is -2.53. The molecule has 4 fully saturated rings. The minimum Gasteiger partial charge on any atom is -0.355 e. The number of hydrogen-bond acceptors (Lipinski definition) is 2. The summed E-state index contributed by atoms with van der Waals surface area (Å²) in [5, 5.41) is 5.85. The Balaban J connectivity index is 1.18. The van der Waals surface area contributed by atoms with Gasteiger partial charge in [0, 0.05) is 23.9 Å². The van der Waals surface area contributed by atoms with E-state index in [9.17, 15) is 9.59 Å². The number of rotatable bonds is 5. The minimum atomic E-state index is -0.133. The Labute approximate surface area is 161 Å². The van der Waals surface area contributed by atoms with E-state index in [2.05, 4.69) is 22.5 Å². The Bertz CT molecular complexity index is 724. The van der Waals surface area contributed by atoms with E-state index >= 15 is 0 Å². The van der Waals surface area contributed by atoms with Crippen LogP contribution in [-0.2, 0) is 9.59 Å². The molecule has 4 heteroatoms. The van der Waals surface area contributed by atoms with Crippen molar-refractivity contribution in [2.45, 2.75) is 44.9 Å². The predicted octanol–water partition coefficient (Wildman–Crippen LogP) is 2.88. The van der Waals surface area contributed by atoms with E-state index in [1.807, 2.05) is 30.3 Å². The third-order valence-electron chi connectivity index (χ3n) is 6.54. The number of benzene rings is 1. The van der Waals surface area contributed by atoms with Crippen molar-refractivity contribution in [3.63, 3.8) is 0 Å². The summed E-state index contributed by atoms with van der Waals surface area (Å²) < 4.78 is 0. The molecule has 2 amide bonds. The van der Waals surface area contributed by atoms with Gasteiger partial charge in [0.05, 0.1) is 6.54 Å². The predicted molar refractivity (Wildman–Crippen MR) is 105 cm³/mol. The van der Waals surface area contributed by atoms with Crippen molar-refractivity contribution in [3.05, 3.63) is 35.9 Å². The number of amides is 2. The van der Waals surface area contributed by atoms with E-state index in [4.69, 9.17) is 0 Å². The summed E-state index contributed by atoms with van der Waals surface area (Å²) in [5.41, 5.74) is 0.807. The number of carbonyl (C=O) groups excluding carboxylic acids is 2. The first-order chi connectivity index (χ1) is 13.1. The van der Waals surface area contributed by atoms with Gasteiger partial charge in [-0.1, -0.05) is 30.0 Å². The zero-order valence-electron chi connectivity index (χ0n) is 15.8. The lowest BCUT2D eigenvalue weighted by Gasteiger charge is -2.55. The van der Waals surface area contributed by atoms with Gasteiger partial charge in [0.2, 0.25) is 11.8 Å². The van der Waals surface area contributed by atoms with Crippen LogP contribution in [0.15, 0.2) is 30.3 Å². The molecule has 2 N–H and O–H groups in total. The van der Waals surface area contributed by atoms with Crippen molar-refractivity contribution in [2.24, 2.45) is 23.2 Å². The second kappa shape index (κ2) is 7.76. The van der Waals surface area contributed by atoms with Crippen molar-refractivity contribution >= 4 is 11.8 Å². The normalized spacial score (nSPS) is 30.3. The Hall–Kier alpha value is -2.28. The van der Waals surface area contributed by atoms with E-state index in [0.717, 1.165) is 42.6 Å². The van der Waals surface area contributed by atoms with Crippen LogP contribution in [0.1, 0.15) is 50.5 Å². The first-order valence-corrected chi connectivity index (χ1v) is 10.2. The summed E-state index contributed by atoms with van der Waals surface area (Å²) >= 11 is 0. The summed E-state index contributed by atoms with van der Waals surface area (Å²) in [5.74, 6) is 8.37. The van der Waals surface area contributed by atoms with Crippen LogP contribution in [0.4, 0.5) is 0 Å². The van der Waals surface area contributed by atoms with Gasteiger partial charge in [-0.25, -0.2) is 0 Å². The van der Waals surface area contributed by atoms with Crippen molar-refractivity contribution in [1.29, 1.82) is 0 Å². The van der Waals surface area contributed by atoms with Gasteiger partial charge in [-0.05, 0) is 68.4 Å². The second-order valence-corrected chi connectivity index (χ2v) is 8.65. The molecule has 4 bridgehead atoms. The molecule has 4 nitrogen and oxygen atoms in total. The fourth-order valence-corrected chi connectivity index (χ4v) is 5.76. The minimum absolute atomic E-state index is 0.0665. The first-order valence-electron chi connectivity index (χ1n) is 10.2. The third kappa shape index (κ3) is 4.18. The fraction of sp³-hybridized carbons (Fsp3) is 0.565. The van der Waals surface area contributed by atoms with Gasteiger partial charge in [-0.15, -0.1) is 0 Å². The lowest BCUT2D eigenvalue weighted by molar-refractivity contribution is -0.146. The highest BCUT2D eigenvalue weighted by Gasteiger charge is 2.54. The average Bonchev–Trinajstić information content (AvgIpc) is 2.65. The molecule has 0 heterocycles. The molecule has 0 aromatic heterocycles. The topological polar surface area (TPSA) is 58.2 Å². The Morgan fingerprint density at radius 2 is 1.59 bits per heavy atom. The van der Waals surface area contributed by atoms with Crippen molar-refractivity contribution < 1.29 is 9.59 Å². The molecule has 0 aliphatic heterocycles. The van der Waals surface area contributed by atoms with Crippen LogP contribution in [-0.4, -0.2) is 24.9 Å². The molecule has 27 heavy (non-hydrogen) atoms. The third-order valence-corrected chi connectivity index (χ3v) is 6.54. The maximum atomic E-state index is 12.8. The van der Waals surface area contributed by atoms with Gasteiger partial charge in [-0.3, -0.25) is 9.59 Å².